The van der Waals surface area contributed by atoms with E-state index in [0.717, 1.165) is 22.3 Å². The van der Waals surface area contributed by atoms with Crippen LogP contribution < -0.4 is 0 Å². The Balaban J connectivity index is 0.000000176. The molecule has 149 heavy (non-hydrogen) atoms. The average Bonchev–Trinajstić information content (AvgIpc) is 0.724. The molecule has 16 aromatic rings. The third-order valence-electron chi connectivity index (χ3n) is 33.3. The Morgan fingerprint density at radius 2 is 0.221 bits per heavy atom. The molecular weight excluding hydrogens is 1840 g/mol. The van der Waals surface area contributed by atoms with E-state index in [-0.39, 0.29) is 110 Å². The molecule has 0 atom stereocenters. The van der Waals surface area contributed by atoms with Gasteiger partial charge >= 0.3 is 0 Å². The number of hydrogen-bond donors (Lipinski definition) is 4. The Labute approximate surface area is 912 Å². The van der Waals surface area contributed by atoms with Crippen molar-refractivity contribution in [3.8, 4) is 23.0 Å². The summed E-state index contributed by atoms with van der Waals surface area (Å²) in [6.07, 6.45) is 0. The summed E-state index contributed by atoms with van der Waals surface area (Å²) in [6.45, 7) is 73.1. The van der Waals surface area contributed by atoms with E-state index < -0.39 is 0 Å². The van der Waals surface area contributed by atoms with Crippen molar-refractivity contribution >= 4 is 0 Å². The van der Waals surface area contributed by atoms with Crippen LogP contribution in [0.15, 0.2) is 388 Å². The van der Waals surface area contributed by atoms with Crippen LogP contribution in [-0.4, -0.2) is 20.4 Å². The fourth-order valence-corrected chi connectivity index (χ4v) is 24.3. The summed E-state index contributed by atoms with van der Waals surface area (Å²) in [7, 11) is 0. The van der Waals surface area contributed by atoms with Gasteiger partial charge in [-0.05, 0) is 181 Å². The maximum atomic E-state index is 11.7. The van der Waals surface area contributed by atoms with Gasteiger partial charge in [0.1, 0.15) is 23.0 Å². The molecular formula is C144H168O4Ti. The molecule has 16 rings (SSSR count). The standard InChI is InChI=1S/4C36H42O.Ti/c4*1-25(2)31-30(37)24-29(34(3,4)26-18-12-9-13-19-26)32(35(5,6)27-20-14-10-15-21-27)33(31)36(7,8)28-22-16-11-17-23-28;/h4*9-25,37H,1-8H3;. The van der Waals surface area contributed by atoms with Crippen molar-refractivity contribution in [3.63, 3.8) is 0 Å². The van der Waals surface area contributed by atoms with Crippen LogP contribution >= 0.6 is 0 Å². The van der Waals surface area contributed by atoms with E-state index in [1.54, 1.807) is 0 Å². The molecule has 0 aromatic heterocycles. The molecule has 4 N–H and O–H groups in total. The van der Waals surface area contributed by atoms with Gasteiger partial charge in [-0.25, -0.2) is 0 Å². The minimum absolute atomic E-state index is 0. The van der Waals surface area contributed by atoms with Crippen molar-refractivity contribution in [2.75, 3.05) is 0 Å². The molecule has 4 nitrogen and oxygen atoms in total. The fourth-order valence-electron chi connectivity index (χ4n) is 24.3. The molecule has 0 saturated heterocycles. The summed E-state index contributed by atoms with van der Waals surface area (Å²) in [4.78, 5) is 0. The molecule has 772 valence electrons. The van der Waals surface area contributed by atoms with Gasteiger partial charge < -0.3 is 20.4 Å². The van der Waals surface area contributed by atoms with E-state index in [4.69, 9.17) is 0 Å². The van der Waals surface area contributed by atoms with Crippen LogP contribution in [0.2, 0.25) is 0 Å². The van der Waals surface area contributed by atoms with Crippen molar-refractivity contribution in [2.24, 2.45) is 0 Å². The summed E-state index contributed by atoms with van der Waals surface area (Å²) >= 11 is 0. The van der Waals surface area contributed by atoms with Gasteiger partial charge in [0, 0.05) is 109 Å². The molecule has 0 aliphatic carbocycles. The Kier molecular flexibility index (Phi) is 35.3. The quantitative estimate of drug-likeness (QED) is 0.0369. The average molecular weight is 2010 g/mol. The molecule has 16 aromatic carbocycles. The molecule has 0 radical (unpaired) electrons. The predicted molar refractivity (Wildman–Crippen MR) is 632 cm³/mol. The first-order chi connectivity index (χ1) is 69.6. The Hall–Kier alpha value is -12.6. The second-order valence-electron chi connectivity index (χ2n) is 48.9. The molecule has 0 amide bonds. The number of rotatable bonds is 28. The van der Waals surface area contributed by atoms with Crippen LogP contribution in [0, 0.1) is 0 Å². The smallest absolute Gasteiger partial charge is 0.119 e. The van der Waals surface area contributed by atoms with Gasteiger partial charge in [0.25, 0.3) is 0 Å². The zero-order chi connectivity index (χ0) is 108. The zero-order valence-electron chi connectivity index (χ0n) is 95.5. The second kappa shape index (κ2) is 45.7. The first kappa shape index (κ1) is 115. The van der Waals surface area contributed by atoms with Gasteiger partial charge in [-0.2, -0.15) is 0 Å². The summed E-state index contributed by atoms with van der Waals surface area (Å²) in [5, 5.41) is 46.9. The summed E-state index contributed by atoms with van der Waals surface area (Å²) in [5.41, 5.74) is 30.2. The Bertz CT molecular complexity index is 6250. The Morgan fingerprint density at radius 3 is 0.315 bits per heavy atom. The third kappa shape index (κ3) is 23.1. The maximum absolute atomic E-state index is 11.7. The number of hydrogen-bond acceptors (Lipinski definition) is 4. The van der Waals surface area contributed by atoms with Crippen LogP contribution in [0.3, 0.4) is 0 Å². The van der Waals surface area contributed by atoms with Gasteiger partial charge in [-0.15, -0.1) is 0 Å². The molecule has 0 spiro atoms. The summed E-state index contributed by atoms with van der Waals surface area (Å²) in [6, 6.07) is 137. The van der Waals surface area contributed by atoms with Crippen LogP contribution in [0.1, 0.15) is 401 Å². The summed E-state index contributed by atoms with van der Waals surface area (Å²) in [5.74, 6) is 2.21. The fraction of sp³-hybridized carbons (Fsp3) is 0.333. The van der Waals surface area contributed by atoms with Crippen LogP contribution in [0.25, 0.3) is 0 Å². The van der Waals surface area contributed by atoms with E-state index in [0.29, 0.717) is 23.0 Å². The predicted octanol–water partition coefficient (Wildman–Crippen LogP) is 38.0. The van der Waals surface area contributed by atoms with Crippen LogP contribution in [-0.2, 0) is 86.7 Å². The number of benzene rings is 16. The molecule has 0 bridgehead atoms. The molecule has 5 heteroatoms. The SMILES string of the molecule is CC(C)c1c(O)cc(C(C)(C)c2ccccc2)c(C(C)(C)c2ccccc2)c1C(C)(C)c1ccccc1.CC(C)c1c(O)cc(C(C)(C)c2ccccc2)c(C(C)(C)c2ccccc2)c1C(C)(C)c1ccccc1.CC(C)c1c(O)cc(C(C)(C)c2ccccc2)c(C(C)(C)c2ccccc2)c1C(C)(C)c1ccccc1.CC(C)c1c(O)cc(C(C)(C)c2ccccc2)c(C(C)(C)c2ccccc2)c1C(C)(C)c1ccccc1.[Ti]. The van der Waals surface area contributed by atoms with Crippen molar-refractivity contribution < 1.29 is 42.1 Å². The molecule has 0 aliphatic rings. The zero-order valence-corrected chi connectivity index (χ0v) is 97.1. The van der Waals surface area contributed by atoms with Crippen molar-refractivity contribution in [2.45, 2.75) is 310 Å². The van der Waals surface area contributed by atoms with E-state index in [2.05, 4.69) is 610 Å². The number of phenolic OH excluding ortho intramolecular Hbond substituents is 4. The first-order valence-electron chi connectivity index (χ1n) is 53.9. The number of aromatic hydroxyl groups is 4. The van der Waals surface area contributed by atoms with Crippen molar-refractivity contribution in [3.05, 3.63) is 544 Å². The van der Waals surface area contributed by atoms with E-state index in [1.165, 1.54) is 134 Å². The van der Waals surface area contributed by atoms with Crippen LogP contribution in [0.5, 0.6) is 23.0 Å². The van der Waals surface area contributed by atoms with Gasteiger partial charge in [0.05, 0.1) is 0 Å². The van der Waals surface area contributed by atoms with Gasteiger partial charge in [-0.1, -0.05) is 586 Å². The van der Waals surface area contributed by atoms with E-state index in [1.807, 2.05) is 0 Å². The largest absolute Gasteiger partial charge is 0.508 e. The monoisotopic (exact) mass is 2010 g/mol. The maximum Gasteiger partial charge on any atom is 0.119 e. The minimum atomic E-state index is -0.331. The molecule has 0 fully saturated rings. The molecule has 0 saturated carbocycles. The van der Waals surface area contributed by atoms with Gasteiger partial charge in [-0.3, -0.25) is 0 Å². The molecule has 0 heterocycles. The Morgan fingerprint density at radius 1 is 0.134 bits per heavy atom. The minimum Gasteiger partial charge on any atom is -0.508 e. The van der Waals surface area contributed by atoms with E-state index in [9.17, 15) is 20.4 Å². The van der Waals surface area contributed by atoms with Gasteiger partial charge in [0.15, 0.2) is 0 Å². The summed E-state index contributed by atoms with van der Waals surface area (Å²) < 4.78 is 0. The normalized spacial score (nSPS) is 12.6. The van der Waals surface area contributed by atoms with Gasteiger partial charge in [0.2, 0.25) is 0 Å². The van der Waals surface area contributed by atoms with E-state index >= 15 is 0 Å². The van der Waals surface area contributed by atoms with Crippen LogP contribution in [0.4, 0.5) is 0 Å². The second-order valence-corrected chi connectivity index (χ2v) is 48.9. The topological polar surface area (TPSA) is 80.9 Å². The van der Waals surface area contributed by atoms with Crippen molar-refractivity contribution in [1.82, 2.24) is 0 Å². The third-order valence-corrected chi connectivity index (χ3v) is 33.3. The number of phenols is 4. The first-order valence-corrected chi connectivity index (χ1v) is 53.9. The molecule has 0 aliphatic heterocycles. The van der Waals surface area contributed by atoms with Crippen molar-refractivity contribution in [1.29, 1.82) is 0 Å². The molecule has 0 unspecified atom stereocenters.